The van der Waals surface area contributed by atoms with Gasteiger partial charge in [-0.15, -0.1) is 0 Å². The van der Waals surface area contributed by atoms with Crippen molar-refractivity contribution >= 4 is 17.3 Å². The molecule has 0 saturated carbocycles. The Hall–Kier alpha value is -0.940. The Morgan fingerprint density at radius 2 is 1.81 bits per heavy atom. The largest absolute Gasteiger partial charge is 0.394 e. The summed E-state index contributed by atoms with van der Waals surface area (Å²) in [4.78, 5) is 0. The number of hydrogen-bond donors (Lipinski definition) is 2. The Labute approximate surface area is 96.6 Å². The van der Waals surface area contributed by atoms with Gasteiger partial charge in [0.1, 0.15) is 0 Å². The summed E-state index contributed by atoms with van der Waals surface area (Å²) in [6, 6.07) is 6.45. The fourth-order valence-electron chi connectivity index (χ4n) is 1.14. The van der Waals surface area contributed by atoms with Crippen molar-refractivity contribution in [3.63, 3.8) is 0 Å². The van der Waals surface area contributed by atoms with Gasteiger partial charge in [-0.3, -0.25) is 0 Å². The monoisotopic (exact) mass is 252 g/mol. The minimum atomic E-state index is -4.27. The van der Waals surface area contributed by atoms with Crippen molar-refractivity contribution in [2.45, 2.75) is 6.18 Å². The van der Waals surface area contributed by atoms with Crippen LogP contribution in [0.5, 0.6) is 0 Å². The molecule has 0 aromatic heterocycles. The highest BCUT2D eigenvalue weighted by atomic mass is 35.5. The molecule has 0 aliphatic rings. The van der Waals surface area contributed by atoms with Gasteiger partial charge in [0, 0.05) is 23.8 Å². The van der Waals surface area contributed by atoms with Crippen LogP contribution in [0.25, 0.3) is 0 Å². The normalized spacial score (nSPS) is 13.6. The second-order valence-corrected chi connectivity index (χ2v) is 3.80. The molecule has 1 unspecified atom stereocenters. The molecule has 3 N–H and O–H groups in total. The summed E-state index contributed by atoms with van der Waals surface area (Å²) in [6.07, 6.45) is -4.27. The molecule has 1 atom stereocenters. The lowest BCUT2D eigenvalue weighted by molar-refractivity contribution is -0.167. The maximum atomic E-state index is 12.3. The molecule has 0 radical (unpaired) electrons. The lowest BCUT2D eigenvalue weighted by atomic mass is 10.1. The molecule has 0 heterocycles. The SMILES string of the molecule is NCC(CNc1ccc(Cl)cc1)C(F)(F)F. The van der Waals surface area contributed by atoms with Crippen LogP contribution in [0.3, 0.4) is 0 Å². The van der Waals surface area contributed by atoms with Gasteiger partial charge >= 0.3 is 6.18 Å². The molecular formula is C10H12ClF3N2. The molecule has 6 heteroatoms. The van der Waals surface area contributed by atoms with Crippen molar-refractivity contribution < 1.29 is 13.2 Å². The average Bonchev–Trinajstić information content (AvgIpc) is 2.19. The van der Waals surface area contributed by atoms with Gasteiger partial charge in [-0.2, -0.15) is 13.2 Å². The topological polar surface area (TPSA) is 38.0 Å². The molecule has 1 aromatic rings. The standard InChI is InChI=1S/C10H12ClF3N2/c11-8-1-3-9(4-2-8)16-6-7(5-15)10(12,13)14/h1-4,7,16H,5-6,15H2. The van der Waals surface area contributed by atoms with E-state index in [1.165, 1.54) is 0 Å². The van der Waals surface area contributed by atoms with E-state index >= 15 is 0 Å². The predicted molar refractivity (Wildman–Crippen MR) is 58.5 cm³/mol. The highest BCUT2D eigenvalue weighted by molar-refractivity contribution is 6.30. The lowest BCUT2D eigenvalue weighted by Crippen LogP contribution is -2.35. The van der Waals surface area contributed by atoms with E-state index in [4.69, 9.17) is 17.3 Å². The summed E-state index contributed by atoms with van der Waals surface area (Å²) in [5.74, 6) is -1.54. The number of nitrogens with two attached hydrogens (primary N) is 1. The molecule has 0 aliphatic carbocycles. The first-order valence-corrected chi connectivity index (χ1v) is 5.07. The first kappa shape index (κ1) is 13.1. The maximum absolute atomic E-state index is 12.3. The Morgan fingerprint density at radius 1 is 1.25 bits per heavy atom. The molecule has 0 spiro atoms. The van der Waals surface area contributed by atoms with Crippen molar-refractivity contribution in [2.24, 2.45) is 11.7 Å². The molecule has 1 aromatic carbocycles. The van der Waals surface area contributed by atoms with Crippen LogP contribution in [0.4, 0.5) is 18.9 Å². The van der Waals surface area contributed by atoms with Crippen LogP contribution < -0.4 is 11.1 Å². The van der Waals surface area contributed by atoms with Crippen LogP contribution in [-0.2, 0) is 0 Å². The fourth-order valence-corrected chi connectivity index (χ4v) is 1.27. The van der Waals surface area contributed by atoms with Gasteiger partial charge in [0.25, 0.3) is 0 Å². The van der Waals surface area contributed by atoms with E-state index in [2.05, 4.69) is 5.32 Å². The van der Waals surface area contributed by atoms with Gasteiger partial charge in [0.05, 0.1) is 5.92 Å². The fraction of sp³-hybridized carbons (Fsp3) is 0.400. The van der Waals surface area contributed by atoms with Crippen molar-refractivity contribution in [2.75, 3.05) is 18.4 Å². The van der Waals surface area contributed by atoms with Crippen LogP contribution >= 0.6 is 11.6 Å². The van der Waals surface area contributed by atoms with Gasteiger partial charge < -0.3 is 11.1 Å². The summed E-state index contributed by atoms with van der Waals surface area (Å²) >= 11 is 5.65. The zero-order chi connectivity index (χ0) is 12.2. The number of alkyl halides is 3. The van der Waals surface area contributed by atoms with E-state index in [0.29, 0.717) is 10.7 Å². The van der Waals surface area contributed by atoms with Crippen LogP contribution in [0.15, 0.2) is 24.3 Å². The molecule has 0 amide bonds. The Balaban J connectivity index is 2.53. The van der Waals surface area contributed by atoms with Gasteiger partial charge in [0.2, 0.25) is 0 Å². The summed E-state index contributed by atoms with van der Waals surface area (Å²) in [6.45, 7) is -0.661. The molecular weight excluding hydrogens is 241 g/mol. The molecule has 0 aliphatic heterocycles. The van der Waals surface area contributed by atoms with Gasteiger partial charge in [-0.1, -0.05) is 11.6 Å². The number of rotatable bonds is 4. The second kappa shape index (κ2) is 5.41. The summed E-state index contributed by atoms with van der Waals surface area (Å²) in [5, 5.41) is 3.21. The first-order valence-electron chi connectivity index (χ1n) is 4.69. The first-order chi connectivity index (χ1) is 7.43. The molecule has 2 nitrogen and oxygen atoms in total. The van der Waals surface area contributed by atoms with E-state index < -0.39 is 18.6 Å². The van der Waals surface area contributed by atoms with Gasteiger partial charge in [-0.25, -0.2) is 0 Å². The molecule has 1 rings (SSSR count). The third-order valence-electron chi connectivity index (χ3n) is 2.14. The van der Waals surface area contributed by atoms with Crippen molar-refractivity contribution in [3.8, 4) is 0 Å². The van der Waals surface area contributed by atoms with E-state index in [1.807, 2.05) is 0 Å². The van der Waals surface area contributed by atoms with Crippen LogP contribution in [0.2, 0.25) is 5.02 Å². The van der Waals surface area contributed by atoms with E-state index in [-0.39, 0.29) is 6.54 Å². The molecule has 0 fully saturated rings. The number of benzene rings is 1. The second-order valence-electron chi connectivity index (χ2n) is 3.36. The summed E-state index contributed by atoms with van der Waals surface area (Å²) < 4.78 is 37.0. The lowest BCUT2D eigenvalue weighted by Gasteiger charge is -2.19. The minimum Gasteiger partial charge on any atom is -0.384 e. The number of hydrogen-bond acceptors (Lipinski definition) is 2. The summed E-state index contributed by atoms with van der Waals surface area (Å²) in [5.41, 5.74) is 5.66. The van der Waals surface area contributed by atoms with Crippen molar-refractivity contribution in [1.82, 2.24) is 0 Å². The highest BCUT2D eigenvalue weighted by Crippen LogP contribution is 2.25. The van der Waals surface area contributed by atoms with Gasteiger partial charge in [0.15, 0.2) is 0 Å². The van der Waals surface area contributed by atoms with Crippen LogP contribution in [-0.4, -0.2) is 19.3 Å². The van der Waals surface area contributed by atoms with E-state index in [1.54, 1.807) is 24.3 Å². The third kappa shape index (κ3) is 3.90. The Bertz CT molecular complexity index is 324. The molecule has 16 heavy (non-hydrogen) atoms. The zero-order valence-corrected chi connectivity index (χ0v) is 9.15. The Morgan fingerprint density at radius 3 is 2.25 bits per heavy atom. The van der Waals surface area contributed by atoms with Crippen molar-refractivity contribution in [1.29, 1.82) is 0 Å². The minimum absolute atomic E-state index is 0.234. The third-order valence-corrected chi connectivity index (χ3v) is 2.40. The zero-order valence-electron chi connectivity index (χ0n) is 8.39. The number of halogens is 4. The molecule has 0 saturated heterocycles. The van der Waals surface area contributed by atoms with Gasteiger partial charge in [-0.05, 0) is 24.3 Å². The highest BCUT2D eigenvalue weighted by Gasteiger charge is 2.38. The van der Waals surface area contributed by atoms with Crippen LogP contribution in [0.1, 0.15) is 0 Å². The Kier molecular flexibility index (Phi) is 4.44. The maximum Gasteiger partial charge on any atom is 0.394 e. The smallest absolute Gasteiger partial charge is 0.384 e. The average molecular weight is 253 g/mol. The quantitative estimate of drug-likeness (QED) is 0.865. The molecule has 0 bridgehead atoms. The van der Waals surface area contributed by atoms with Crippen LogP contribution in [0, 0.1) is 5.92 Å². The van der Waals surface area contributed by atoms with E-state index in [0.717, 1.165) is 0 Å². The number of nitrogens with one attached hydrogen (secondary N) is 1. The predicted octanol–water partition coefficient (Wildman–Crippen LogP) is 2.89. The van der Waals surface area contributed by atoms with Crippen molar-refractivity contribution in [3.05, 3.63) is 29.3 Å². The van der Waals surface area contributed by atoms with E-state index in [9.17, 15) is 13.2 Å². The molecule has 90 valence electrons. The summed E-state index contributed by atoms with van der Waals surface area (Å²) in [7, 11) is 0. The number of anilines is 1.